The van der Waals surface area contributed by atoms with E-state index in [0.717, 1.165) is 22.3 Å². The predicted octanol–water partition coefficient (Wildman–Crippen LogP) is 5.53. The van der Waals surface area contributed by atoms with E-state index in [2.05, 4.69) is 60.1 Å². The van der Waals surface area contributed by atoms with E-state index < -0.39 is 0 Å². The molecule has 0 unspecified atom stereocenters. The Bertz CT molecular complexity index is 1070. The van der Waals surface area contributed by atoms with Gasteiger partial charge < -0.3 is 9.30 Å². The Hall–Kier alpha value is -3.07. The topological polar surface area (TPSA) is 27.1 Å². The van der Waals surface area contributed by atoms with Crippen molar-refractivity contribution in [2.24, 2.45) is 0 Å². The summed E-state index contributed by atoms with van der Waals surface area (Å²) in [5.74, 6) is 0.830. The van der Waals surface area contributed by atoms with Crippen LogP contribution >= 0.6 is 0 Å². The summed E-state index contributed by atoms with van der Waals surface area (Å²) in [5, 5.41) is 1.10. The van der Waals surface area contributed by atoms with E-state index in [9.17, 15) is 0 Å². The number of benzene rings is 2. The zero-order valence-corrected chi connectivity index (χ0v) is 15.4. The maximum Gasteiger partial charge on any atom is 0.146 e. The zero-order valence-electron chi connectivity index (χ0n) is 15.4. The van der Waals surface area contributed by atoms with Crippen molar-refractivity contribution in [1.29, 1.82) is 0 Å². The molecule has 0 amide bonds. The SMILES string of the molecule is Cc1ccc2cccc(OCc3c(C)ccc(-n4cccc4)c3C)c2n1. The first-order valence-electron chi connectivity index (χ1n) is 8.85. The van der Waals surface area contributed by atoms with Crippen molar-refractivity contribution >= 4 is 10.9 Å². The number of ether oxygens (including phenoxy) is 1. The zero-order chi connectivity index (χ0) is 18.1. The van der Waals surface area contributed by atoms with Gasteiger partial charge in [-0.15, -0.1) is 0 Å². The molecule has 0 N–H and O–H groups in total. The number of hydrogen-bond acceptors (Lipinski definition) is 2. The van der Waals surface area contributed by atoms with Crippen LogP contribution in [-0.4, -0.2) is 9.55 Å². The first kappa shape index (κ1) is 16.4. The fraction of sp³-hybridized carbons (Fsp3) is 0.174. The summed E-state index contributed by atoms with van der Waals surface area (Å²) in [6.07, 6.45) is 4.14. The Morgan fingerprint density at radius 1 is 0.885 bits per heavy atom. The Kier molecular flexibility index (Phi) is 4.21. The van der Waals surface area contributed by atoms with Gasteiger partial charge in [-0.25, -0.2) is 4.98 Å². The summed E-state index contributed by atoms with van der Waals surface area (Å²) in [4.78, 5) is 4.66. The second-order valence-electron chi connectivity index (χ2n) is 6.66. The molecule has 0 saturated carbocycles. The number of rotatable bonds is 4. The lowest BCUT2D eigenvalue weighted by molar-refractivity contribution is 0.307. The third-order valence-corrected chi connectivity index (χ3v) is 4.88. The van der Waals surface area contributed by atoms with E-state index in [-0.39, 0.29) is 0 Å². The molecule has 0 atom stereocenters. The second kappa shape index (κ2) is 6.68. The third kappa shape index (κ3) is 2.97. The molecule has 0 aliphatic heterocycles. The number of fused-ring (bicyclic) bond motifs is 1. The van der Waals surface area contributed by atoms with Gasteiger partial charge in [-0.2, -0.15) is 0 Å². The molecular weight excluding hydrogens is 320 g/mol. The van der Waals surface area contributed by atoms with Crippen molar-refractivity contribution in [1.82, 2.24) is 9.55 Å². The molecule has 0 aliphatic carbocycles. The fourth-order valence-electron chi connectivity index (χ4n) is 3.36. The first-order chi connectivity index (χ1) is 12.6. The fourth-order valence-corrected chi connectivity index (χ4v) is 3.36. The maximum absolute atomic E-state index is 6.22. The molecule has 0 saturated heterocycles. The van der Waals surface area contributed by atoms with Crippen molar-refractivity contribution in [2.45, 2.75) is 27.4 Å². The highest BCUT2D eigenvalue weighted by atomic mass is 16.5. The molecule has 2 aromatic heterocycles. The summed E-state index contributed by atoms with van der Waals surface area (Å²) in [5.41, 5.74) is 6.81. The van der Waals surface area contributed by atoms with E-state index in [4.69, 9.17) is 4.74 Å². The lowest BCUT2D eigenvalue weighted by Gasteiger charge is -2.16. The van der Waals surface area contributed by atoms with Crippen molar-refractivity contribution in [3.05, 3.63) is 89.4 Å². The Balaban J connectivity index is 1.69. The Morgan fingerprint density at radius 3 is 2.50 bits per heavy atom. The van der Waals surface area contributed by atoms with Crippen LogP contribution in [-0.2, 0) is 6.61 Å². The number of aryl methyl sites for hydroxylation is 2. The van der Waals surface area contributed by atoms with Gasteiger partial charge in [0.1, 0.15) is 17.9 Å². The van der Waals surface area contributed by atoms with Crippen LogP contribution in [0.5, 0.6) is 5.75 Å². The van der Waals surface area contributed by atoms with E-state index in [0.29, 0.717) is 6.61 Å². The molecule has 0 bridgehead atoms. The molecule has 3 nitrogen and oxygen atoms in total. The third-order valence-electron chi connectivity index (χ3n) is 4.88. The van der Waals surface area contributed by atoms with Crippen LogP contribution < -0.4 is 4.74 Å². The van der Waals surface area contributed by atoms with Crippen LogP contribution in [0.1, 0.15) is 22.4 Å². The average molecular weight is 342 g/mol. The van der Waals surface area contributed by atoms with Gasteiger partial charge in [0, 0.05) is 29.2 Å². The molecule has 0 fully saturated rings. The largest absolute Gasteiger partial charge is 0.487 e. The lowest BCUT2D eigenvalue weighted by Crippen LogP contribution is -2.05. The minimum absolute atomic E-state index is 0.529. The smallest absolute Gasteiger partial charge is 0.146 e. The molecule has 2 heterocycles. The van der Waals surface area contributed by atoms with Gasteiger partial charge in [-0.1, -0.05) is 24.3 Å². The first-order valence-corrected chi connectivity index (χ1v) is 8.85. The molecule has 4 rings (SSSR count). The predicted molar refractivity (Wildman–Crippen MR) is 106 cm³/mol. The maximum atomic E-state index is 6.22. The molecule has 0 spiro atoms. The number of aromatic nitrogens is 2. The minimum atomic E-state index is 0.529. The van der Waals surface area contributed by atoms with Crippen LogP contribution in [0.2, 0.25) is 0 Å². The van der Waals surface area contributed by atoms with E-state index in [1.54, 1.807) is 0 Å². The van der Waals surface area contributed by atoms with Crippen LogP contribution in [0.25, 0.3) is 16.6 Å². The average Bonchev–Trinajstić information content (AvgIpc) is 3.16. The summed E-state index contributed by atoms with van der Waals surface area (Å²) in [7, 11) is 0. The summed E-state index contributed by atoms with van der Waals surface area (Å²) in [6.45, 7) is 6.83. The van der Waals surface area contributed by atoms with Gasteiger partial charge in [-0.05, 0) is 67.8 Å². The molecular formula is C23H22N2O. The van der Waals surface area contributed by atoms with Crippen molar-refractivity contribution in [3.8, 4) is 11.4 Å². The molecule has 26 heavy (non-hydrogen) atoms. The van der Waals surface area contributed by atoms with Crippen molar-refractivity contribution < 1.29 is 4.74 Å². The normalized spacial score (nSPS) is 11.0. The van der Waals surface area contributed by atoms with Crippen molar-refractivity contribution in [3.63, 3.8) is 0 Å². The molecule has 2 aromatic carbocycles. The monoisotopic (exact) mass is 342 g/mol. The summed E-state index contributed by atoms with van der Waals surface area (Å²) in [6, 6.07) is 18.6. The van der Waals surface area contributed by atoms with Crippen LogP contribution in [0.3, 0.4) is 0 Å². The summed E-state index contributed by atoms with van der Waals surface area (Å²) >= 11 is 0. The second-order valence-corrected chi connectivity index (χ2v) is 6.66. The van der Waals surface area contributed by atoms with Gasteiger partial charge >= 0.3 is 0 Å². The van der Waals surface area contributed by atoms with E-state index >= 15 is 0 Å². The van der Waals surface area contributed by atoms with Gasteiger partial charge in [0.2, 0.25) is 0 Å². The highest BCUT2D eigenvalue weighted by Gasteiger charge is 2.11. The molecule has 0 aliphatic rings. The minimum Gasteiger partial charge on any atom is -0.487 e. The van der Waals surface area contributed by atoms with Gasteiger partial charge in [-0.3, -0.25) is 0 Å². The van der Waals surface area contributed by atoms with Gasteiger partial charge in [0.25, 0.3) is 0 Å². The van der Waals surface area contributed by atoms with Gasteiger partial charge in [0.05, 0.1) is 0 Å². The van der Waals surface area contributed by atoms with Crippen LogP contribution in [0, 0.1) is 20.8 Å². The molecule has 3 heteroatoms. The molecule has 4 aromatic rings. The van der Waals surface area contributed by atoms with E-state index in [1.165, 1.54) is 22.4 Å². The highest BCUT2D eigenvalue weighted by Crippen LogP contribution is 2.27. The Morgan fingerprint density at radius 2 is 1.69 bits per heavy atom. The number of nitrogens with zero attached hydrogens (tertiary/aromatic N) is 2. The molecule has 130 valence electrons. The van der Waals surface area contributed by atoms with Crippen molar-refractivity contribution in [2.75, 3.05) is 0 Å². The quantitative estimate of drug-likeness (QED) is 0.487. The summed E-state index contributed by atoms with van der Waals surface area (Å²) < 4.78 is 8.36. The lowest BCUT2D eigenvalue weighted by atomic mass is 10.0. The van der Waals surface area contributed by atoms with Gasteiger partial charge in [0.15, 0.2) is 0 Å². The molecule has 0 radical (unpaired) electrons. The number of pyridine rings is 1. The van der Waals surface area contributed by atoms with Crippen LogP contribution in [0.4, 0.5) is 0 Å². The van der Waals surface area contributed by atoms with Crippen LogP contribution in [0.15, 0.2) is 67.0 Å². The number of hydrogen-bond donors (Lipinski definition) is 0. The Labute approximate surface area is 153 Å². The number of para-hydroxylation sites is 1. The van der Waals surface area contributed by atoms with E-state index in [1.807, 2.05) is 37.3 Å². The highest BCUT2D eigenvalue weighted by molar-refractivity contribution is 5.84. The standard InChI is InChI=1S/C23H22N2O/c1-16-9-12-21(25-13-4-5-14-25)18(3)20(16)15-26-22-8-6-7-19-11-10-17(2)24-23(19)22/h4-14H,15H2,1-3H3.